The molecule has 0 saturated heterocycles. The second-order valence-electron chi connectivity index (χ2n) is 4.86. The minimum Gasteiger partial charge on any atom is -0.449 e. The largest absolute Gasteiger partial charge is 0.449 e. The Morgan fingerprint density at radius 3 is 2.57 bits per heavy atom. The number of esters is 1. The van der Waals surface area contributed by atoms with Gasteiger partial charge in [-0.3, -0.25) is 4.79 Å². The molecule has 0 bridgehead atoms. The van der Waals surface area contributed by atoms with Crippen LogP contribution < -0.4 is 5.32 Å². The lowest BCUT2D eigenvalue weighted by atomic mass is 10.2. The number of anilines is 1. The van der Waals surface area contributed by atoms with Gasteiger partial charge in [-0.15, -0.1) is 0 Å². The number of ether oxygens (including phenoxy) is 1. The predicted octanol–water partition coefficient (Wildman–Crippen LogP) is 3.78. The molecule has 1 N–H and O–H groups in total. The summed E-state index contributed by atoms with van der Waals surface area (Å²) in [6.07, 6.45) is -1.03. The monoisotopic (exact) mass is 356 g/mol. The molecule has 1 amide bonds. The maximum absolute atomic E-state index is 12.1. The van der Waals surface area contributed by atoms with Crippen molar-refractivity contribution in [1.82, 2.24) is 5.16 Å². The molecule has 1 heterocycles. The summed E-state index contributed by atoms with van der Waals surface area (Å²) in [4.78, 5) is 24.2. The Kier molecular flexibility index (Phi) is 5.28. The van der Waals surface area contributed by atoms with Crippen molar-refractivity contribution in [2.24, 2.45) is 0 Å². The third-order valence-corrected chi connectivity index (χ3v) is 3.63. The molecule has 0 saturated carbocycles. The second kappa shape index (κ2) is 7.02. The van der Waals surface area contributed by atoms with Crippen molar-refractivity contribution in [3.8, 4) is 0 Å². The van der Waals surface area contributed by atoms with Gasteiger partial charge in [-0.25, -0.2) is 4.79 Å². The lowest BCUT2D eigenvalue weighted by Crippen LogP contribution is -2.30. The zero-order valence-electron chi connectivity index (χ0n) is 12.6. The van der Waals surface area contributed by atoms with Gasteiger partial charge in [-0.05, 0) is 39.0 Å². The highest BCUT2D eigenvalue weighted by Gasteiger charge is 2.24. The van der Waals surface area contributed by atoms with E-state index in [9.17, 15) is 9.59 Å². The van der Waals surface area contributed by atoms with Crippen molar-refractivity contribution in [3.63, 3.8) is 0 Å². The minimum atomic E-state index is -1.03. The van der Waals surface area contributed by atoms with Gasteiger partial charge in [-0.2, -0.15) is 0 Å². The summed E-state index contributed by atoms with van der Waals surface area (Å²) >= 11 is 11.8. The van der Waals surface area contributed by atoms with Crippen molar-refractivity contribution in [1.29, 1.82) is 0 Å². The van der Waals surface area contributed by atoms with E-state index in [1.807, 2.05) is 0 Å². The quantitative estimate of drug-likeness (QED) is 0.842. The molecule has 2 rings (SSSR count). The highest BCUT2D eigenvalue weighted by atomic mass is 35.5. The Morgan fingerprint density at radius 1 is 1.30 bits per heavy atom. The molecule has 2 aromatic rings. The molecule has 0 aliphatic rings. The van der Waals surface area contributed by atoms with Gasteiger partial charge in [0.25, 0.3) is 5.91 Å². The number of carbonyl (C=O) groups is 2. The number of carbonyl (C=O) groups excluding carboxylic acids is 2. The summed E-state index contributed by atoms with van der Waals surface area (Å²) < 4.78 is 10.0. The van der Waals surface area contributed by atoms with Crippen molar-refractivity contribution >= 4 is 40.8 Å². The van der Waals surface area contributed by atoms with Gasteiger partial charge < -0.3 is 14.6 Å². The lowest BCUT2D eigenvalue weighted by Gasteiger charge is -2.14. The minimum absolute atomic E-state index is 0.217. The van der Waals surface area contributed by atoms with Crippen LogP contribution in [0.25, 0.3) is 0 Å². The lowest BCUT2D eigenvalue weighted by molar-refractivity contribution is -0.123. The highest BCUT2D eigenvalue weighted by molar-refractivity contribution is 6.36. The molecule has 0 spiro atoms. The van der Waals surface area contributed by atoms with Gasteiger partial charge in [0, 0.05) is 5.02 Å². The molecule has 0 aliphatic heterocycles. The molecule has 6 nitrogen and oxygen atoms in total. The fourth-order valence-corrected chi connectivity index (χ4v) is 2.33. The second-order valence-corrected chi connectivity index (χ2v) is 5.70. The van der Waals surface area contributed by atoms with Crippen molar-refractivity contribution in [2.75, 3.05) is 5.32 Å². The Bertz CT molecular complexity index is 738. The molecule has 1 aromatic carbocycles. The van der Waals surface area contributed by atoms with E-state index in [2.05, 4.69) is 10.5 Å². The van der Waals surface area contributed by atoms with E-state index in [0.717, 1.165) is 0 Å². The normalized spacial score (nSPS) is 11.9. The predicted molar refractivity (Wildman–Crippen MR) is 85.9 cm³/mol. The topological polar surface area (TPSA) is 81.4 Å². The van der Waals surface area contributed by atoms with Gasteiger partial charge >= 0.3 is 5.97 Å². The summed E-state index contributed by atoms with van der Waals surface area (Å²) in [5.74, 6) is -0.860. The number of halogens is 2. The Labute approximate surface area is 142 Å². The first-order chi connectivity index (χ1) is 10.8. The highest BCUT2D eigenvalue weighted by Crippen LogP contribution is 2.25. The molecule has 0 radical (unpaired) electrons. The summed E-state index contributed by atoms with van der Waals surface area (Å²) in [7, 11) is 0. The van der Waals surface area contributed by atoms with Crippen LogP contribution in [-0.2, 0) is 9.53 Å². The molecule has 23 heavy (non-hydrogen) atoms. The summed E-state index contributed by atoms with van der Waals surface area (Å²) in [6.45, 7) is 4.66. The van der Waals surface area contributed by atoms with Crippen molar-refractivity contribution < 1.29 is 18.8 Å². The van der Waals surface area contributed by atoms with E-state index in [-0.39, 0.29) is 10.6 Å². The van der Waals surface area contributed by atoms with E-state index < -0.39 is 18.0 Å². The Balaban J connectivity index is 2.04. The van der Waals surface area contributed by atoms with Crippen LogP contribution in [0, 0.1) is 13.8 Å². The number of aryl methyl sites for hydroxylation is 2. The molecular weight excluding hydrogens is 343 g/mol. The fraction of sp³-hybridized carbons (Fsp3) is 0.267. The van der Waals surface area contributed by atoms with Crippen LogP contribution in [0.4, 0.5) is 5.69 Å². The van der Waals surface area contributed by atoms with Crippen molar-refractivity contribution in [2.45, 2.75) is 26.9 Å². The first-order valence-electron chi connectivity index (χ1n) is 6.69. The van der Waals surface area contributed by atoms with Gasteiger partial charge in [-0.1, -0.05) is 28.4 Å². The van der Waals surface area contributed by atoms with Crippen LogP contribution in [-0.4, -0.2) is 23.1 Å². The summed E-state index contributed by atoms with van der Waals surface area (Å²) in [5.41, 5.74) is 0.997. The van der Waals surface area contributed by atoms with Crippen LogP contribution in [0.1, 0.15) is 28.7 Å². The smallest absolute Gasteiger partial charge is 0.344 e. The van der Waals surface area contributed by atoms with Crippen LogP contribution in [0.5, 0.6) is 0 Å². The molecule has 0 unspecified atom stereocenters. The number of amides is 1. The van der Waals surface area contributed by atoms with E-state index in [1.54, 1.807) is 26.0 Å². The van der Waals surface area contributed by atoms with Crippen LogP contribution in [0.2, 0.25) is 10.0 Å². The maximum atomic E-state index is 12.1. The molecule has 0 aliphatic carbocycles. The van der Waals surface area contributed by atoms with Gasteiger partial charge in [0.1, 0.15) is 11.3 Å². The number of rotatable bonds is 4. The summed E-state index contributed by atoms with van der Waals surface area (Å²) in [6, 6.07) is 4.65. The van der Waals surface area contributed by atoms with E-state index >= 15 is 0 Å². The molecular formula is C15H14Cl2N2O4. The molecule has 0 fully saturated rings. The number of benzene rings is 1. The van der Waals surface area contributed by atoms with Crippen LogP contribution >= 0.6 is 23.2 Å². The van der Waals surface area contributed by atoms with Gasteiger partial charge in [0.15, 0.2) is 6.10 Å². The Hall–Kier alpha value is -2.05. The fourth-order valence-electron chi connectivity index (χ4n) is 1.87. The van der Waals surface area contributed by atoms with Gasteiger partial charge in [0.2, 0.25) is 0 Å². The van der Waals surface area contributed by atoms with Crippen LogP contribution in [0.3, 0.4) is 0 Å². The number of aromatic nitrogens is 1. The average molecular weight is 357 g/mol. The Morgan fingerprint density at radius 2 is 2.00 bits per heavy atom. The van der Waals surface area contributed by atoms with Crippen LogP contribution in [0.15, 0.2) is 22.7 Å². The first kappa shape index (κ1) is 17.3. The number of nitrogens with zero attached hydrogens (tertiary/aromatic N) is 1. The number of hydrogen-bond acceptors (Lipinski definition) is 5. The molecule has 1 atom stereocenters. The zero-order valence-corrected chi connectivity index (χ0v) is 14.2. The van der Waals surface area contributed by atoms with E-state index in [1.165, 1.54) is 13.0 Å². The maximum Gasteiger partial charge on any atom is 0.344 e. The standard InChI is InChI=1S/C15H14Cl2N2O4/c1-7-13(8(2)23-19-7)15(21)22-9(3)14(20)18-12-5-4-10(16)6-11(12)17/h4-6,9H,1-3H3,(H,18,20)/t9-/m1/s1. The third-order valence-electron chi connectivity index (χ3n) is 3.08. The number of nitrogens with one attached hydrogen (secondary N) is 1. The summed E-state index contributed by atoms with van der Waals surface area (Å²) in [5, 5.41) is 6.98. The van der Waals surface area contributed by atoms with Crippen molar-refractivity contribution in [3.05, 3.63) is 45.3 Å². The van der Waals surface area contributed by atoms with Gasteiger partial charge in [0.05, 0.1) is 16.4 Å². The molecule has 8 heteroatoms. The third kappa shape index (κ3) is 4.03. The molecule has 122 valence electrons. The van der Waals surface area contributed by atoms with E-state index in [4.69, 9.17) is 32.5 Å². The zero-order chi connectivity index (χ0) is 17.1. The SMILES string of the molecule is Cc1noc(C)c1C(=O)O[C@H](C)C(=O)Nc1ccc(Cl)cc1Cl. The molecule has 1 aromatic heterocycles. The average Bonchev–Trinajstić information content (AvgIpc) is 2.81. The van der Waals surface area contributed by atoms with E-state index in [0.29, 0.717) is 22.2 Å². The number of hydrogen-bond donors (Lipinski definition) is 1. The first-order valence-corrected chi connectivity index (χ1v) is 7.45.